The average Bonchev–Trinajstić information content (AvgIpc) is 3.07. The van der Waals surface area contributed by atoms with Gasteiger partial charge in [0.1, 0.15) is 6.04 Å². The molecule has 3 amide bonds. The first-order valence-electron chi connectivity index (χ1n) is 9.28. The van der Waals surface area contributed by atoms with Gasteiger partial charge in [0.15, 0.2) is 6.17 Å². The number of nitrogens with one attached hydrogen (secondary N) is 2. The second-order valence-corrected chi connectivity index (χ2v) is 8.09. The minimum absolute atomic E-state index is 0.0873. The fraction of sp³-hybridized carbons (Fsp3) is 0.833. The normalized spacial score (nSPS) is 19.8. The summed E-state index contributed by atoms with van der Waals surface area (Å²) in [5.41, 5.74) is 1.19. The first kappa shape index (κ1) is 22.3. The zero-order valence-electron chi connectivity index (χ0n) is 16.2. The van der Waals surface area contributed by atoms with Crippen LogP contribution in [0.25, 0.3) is 0 Å². The van der Waals surface area contributed by atoms with Crippen LogP contribution >= 0.6 is 0 Å². The van der Waals surface area contributed by atoms with Crippen LogP contribution in [0.1, 0.15) is 59.8 Å². The van der Waals surface area contributed by atoms with E-state index in [2.05, 4.69) is 5.32 Å². The monoisotopic (exact) mass is 373 g/mol. The summed E-state index contributed by atoms with van der Waals surface area (Å²) in [4.78, 5) is 38.2. The molecule has 0 aromatic rings. The lowest BCUT2D eigenvalue weighted by Crippen LogP contribution is -2.51. The number of halogens is 1. The number of alkyl halides is 1. The molecule has 0 aromatic heterocycles. The lowest BCUT2D eigenvalue weighted by molar-refractivity contribution is -0.149. The summed E-state index contributed by atoms with van der Waals surface area (Å²) in [5, 5.41) is 11.5. The van der Waals surface area contributed by atoms with E-state index in [1.807, 2.05) is 27.7 Å². The Balaban J connectivity index is 2.87. The number of unbranched alkanes of at least 4 members (excludes halogenated alkanes) is 1. The van der Waals surface area contributed by atoms with Gasteiger partial charge in [0.05, 0.1) is 5.92 Å². The predicted molar refractivity (Wildman–Crippen MR) is 95.0 cm³/mol. The molecule has 3 N–H and O–H groups in total. The molecule has 1 fully saturated rings. The molecule has 1 aliphatic rings. The van der Waals surface area contributed by atoms with Gasteiger partial charge in [-0.05, 0) is 24.7 Å². The number of amides is 3. The van der Waals surface area contributed by atoms with Gasteiger partial charge in [-0.25, -0.2) is 9.87 Å². The Bertz CT molecular complexity index is 507. The Morgan fingerprint density at radius 3 is 2.50 bits per heavy atom. The number of carbonyl (C=O) groups is 3. The maximum Gasteiger partial charge on any atom is 0.278 e. The zero-order valence-corrected chi connectivity index (χ0v) is 16.2. The van der Waals surface area contributed by atoms with E-state index in [1.54, 1.807) is 0 Å². The third-order valence-corrected chi connectivity index (χ3v) is 4.53. The second-order valence-electron chi connectivity index (χ2n) is 8.09. The molecule has 3 unspecified atom stereocenters. The number of nitrogens with zero attached hydrogens (tertiary/aromatic N) is 1. The second kappa shape index (κ2) is 9.85. The molecule has 1 aliphatic heterocycles. The van der Waals surface area contributed by atoms with E-state index >= 15 is 0 Å². The van der Waals surface area contributed by atoms with Gasteiger partial charge in [-0.2, -0.15) is 0 Å². The minimum Gasteiger partial charge on any atom is -0.354 e. The molecular weight excluding hydrogens is 341 g/mol. The number of hydrogen-bond donors (Lipinski definition) is 3. The van der Waals surface area contributed by atoms with Crippen LogP contribution in [0.3, 0.4) is 0 Å². The van der Waals surface area contributed by atoms with Crippen molar-refractivity contribution in [2.24, 2.45) is 11.3 Å². The van der Waals surface area contributed by atoms with Gasteiger partial charge in [-0.3, -0.25) is 19.6 Å². The highest BCUT2D eigenvalue weighted by atomic mass is 19.1. The molecule has 0 radical (unpaired) electrons. The lowest BCUT2D eigenvalue weighted by Gasteiger charge is -2.30. The Hall–Kier alpha value is -1.70. The highest BCUT2D eigenvalue weighted by Gasteiger charge is 2.41. The van der Waals surface area contributed by atoms with Gasteiger partial charge in [0.2, 0.25) is 11.8 Å². The van der Waals surface area contributed by atoms with Crippen LogP contribution in [-0.4, -0.2) is 53.1 Å². The maximum absolute atomic E-state index is 14.4. The van der Waals surface area contributed by atoms with Crippen molar-refractivity contribution in [2.75, 3.05) is 13.1 Å². The third-order valence-electron chi connectivity index (χ3n) is 4.53. The molecule has 0 saturated carbocycles. The summed E-state index contributed by atoms with van der Waals surface area (Å²) in [6.45, 7) is 8.72. The molecule has 0 aliphatic carbocycles. The molecule has 0 aromatic carbocycles. The molecule has 0 spiro atoms. The molecule has 1 saturated heterocycles. The van der Waals surface area contributed by atoms with Crippen LogP contribution in [0.4, 0.5) is 4.39 Å². The summed E-state index contributed by atoms with van der Waals surface area (Å²) in [7, 11) is 0. The van der Waals surface area contributed by atoms with Gasteiger partial charge in [-0.15, -0.1) is 0 Å². The van der Waals surface area contributed by atoms with E-state index in [0.29, 0.717) is 32.4 Å². The van der Waals surface area contributed by atoms with Gasteiger partial charge in [0.25, 0.3) is 5.91 Å². The molecule has 26 heavy (non-hydrogen) atoms. The molecular formula is C18H32FN3O4. The van der Waals surface area contributed by atoms with Crippen LogP contribution in [-0.2, 0) is 14.4 Å². The van der Waals surface area contributed by atoms with E-state index in [1.165, 1.54) is 10.4 Å². The van der Waals surface area contributed by atoms with Crippen molar-refractivity contribution in [2.45, 2.75) is 72.0 Å². The predicted octanol–water partition coefficient (Wildman–Crippen LogP) is 1.79. The van der Waals surface area contributed by atoms with Crippen molar-refractivity contribution in [1.82, 2.24) is 15.7 Å². The molecule has 8 heteroatoms. The highest BCUT2D eigenvalue weighted by Crippen LogP contribution is 2.26. The average molecular weight is 373 g/mol. The van der Waals surface area contributed by atoms with Gasteiger partial charge < -0.3 is 10.2 Å². The molecule has 3 atom stereocenters. The topological polar surface area (TPSA) is 98.7 Å². The first-order valence-corrected chi connectivity index (χ1v) is 9.28. The summed E-state index contributed by atoms with van der Waals surface area (Å²) < 4.78 is 14.4. The van der Waals surface area contributed by atoms with Gasteiger partial charge in [0, 0.05) is 13.1 Å². The molecule has 1 heterocycles. The van der Waals surface area contributed by atoms with Crippen molar-refractivity contribution in [1.29, 1.82) is 0 Å². The van der Waals surface area contributed by atoms with Crippen LogP contribution in [0.2, 0.25) is 0 Å². The lowest BCUT2D eigenvalue weighted by atomic mass is 9.94. The molecule has 7 nitrogen and oxygen atoms in total. The van der Waals surface area contributed by atoms with Crippen LogP contribution < -0.4 is 10.8 Å². The number of carbonyl (C=O) groups excluding carboxylic acids is 3. The molecule has 0 bridgehead atoms. The fourth-order valence-corrected chi connectivity index (χ4v) is 3.05. The van der Waals surface area contributed by atoms with E-state index < -0.39 is 29.9 Å². The third kappa shape index (κ3) is 6.23. The smallest absolute Gasteiger partial charge is 0.278 e. The largest absolute Gasteiger partial charge is 0.354 e. The van der Waals surface area contributed by atoms with Crippen molar-refractivity contribution in [3.8, 4) is 0 Å². The standard InChI is InChI=1S/C18H32FN3O4/c1-5-6-8-12(14(19)16(24)21-26)17(25)22-10-7-9-13(22)15(23)20-11-18(2,3)4/h12-14,26H,5-11H2,1-4H3,(H,20,23)(H,21,24). The Labute approximate surface area is 154 Å². The van der Waals surface area contributed by atoms with Crippen molar-refractivity contribution >= 4 is 17.7 Å². The van der Waals surface area contributed by atoms with Gasteiger partial charge >= 0.3 is 0 Å². The number of rotatable bonds is 8. The van der Waals surface area contributed by atoms with Crippen LogP contribution in [0.15, 0.2) is 0 Å². The minimum atomic E-state index is -2.14. The molecule has 1 rings (SSSR count). The number of hydroxylamine groups is 1. The van der Waals surface area contributed by atoms with E-state index in [4.69, 9.17) is 5.21 Å². The van der Waals surface area contributed by atoms with E-state index in [-0.39, 0.29) is 17.7 Å². The highest BCUT2D eigenvalue weighted by molar-refractivity contribution is 5.92. The van der Waals surface area contributed by atoms with E-state index in [9.17, 15) is 18.8 Å². The van der Waals surface area contributed by atoms with Crippen LogP contribution in [0, 0.1) is 11.3 Å². The van der Waals surface area contributed by atoms with Crippen molar-refractivity contribution < 1.29 is 24.0 Å². The quantitative estimate of drug-likeness (QED) is 0.446. The van der Waals surface area contributed by atoms with Crippen LogP contribution in [0.5, 0.6) is 0 Å². The SMILES string of the molecule is CCCCC(C(=O)N1CCCC1C(=O)NCC(C)(C)C)C(F)C(=O)NO. The summed E-state index contributed by atoms with van der Waals surface area (Å²) in [5.74, 6) is -3.21. The van der Waals surface area contributed by atoms with Crippen molar-refractivity contribution in [3.05, 3.63) is 0 Å². The van der Waals surface area contributed by atoms with Crippen molar-refractivity contribution in [3.63, 3.8) is 0 Å². The Morgan fingerprint density at radius 1 is 1.31 bits per heavy atom. The summed E-state index contributed by atoms with van der Waals surface area (Å²) in [6, 6.07) is -0.640. The summed E-state index contributed by atoms with van der Waals surface area (Å²) >= 11 is 0. The first-order chi connectivity index (χ1) is 12.1. The number of likely N-dealkylation sites (tertiary alicyclic amines) is 1. The van der Waals surface area contributed by atoms with Gasteiger partial charge in [-0.1, -0.05) is 40.5 Å². The fourth-order valence-electron chi connectivity index (χ4n) is 3.05. The van der Waals surface area contributed by atoms with E-state index in [0.717, 1.165) is 6.42 Å². The Morgan fingerprint density at radius 2 is 1.96 bits per heavy atom. The summed E-state index contributed by atoms with van der Waals surface area (Å²) in [6.07, 6.45) is 0.542. The maximum atomic E-state index is 14.4. The number of hydrogen-bond acceptors (Lipinski definition) is 4. The Kier molecular flexibility index (Phi) is 8.46. The molecule has 150 valence electrons. The zero-order chi connectivity index (χ0) is 19.9.